The highest BCUT2D eigenvalue weighted by atomic mass is 19.1. The van der Waals surface area contributed by atoms with Crippen LogP contribution >= 0.6 is 0 Å². The van der Waals surface area contributed by atoms with Gasteiger partial charge in [-0.1, -0.05) is 12.1 Å². The van der Waals surface area contributed by atoms with E-state index in [0.717, 1.165) is 38.9 Å². The Morgan fingerprint density at radius 2 is 1.90 bits per heavy atom. The van der Waals surface area contributed by atoms with Crippen molar-refractivity contribution in [2.75, 3.05) is 24.3 Å². The minimum absolute atomic E-state index is 0.245. The van der Waals surface area contributed by atoms with E-state index in [9.17, 15) is 4.39 Å². The number of halogens is 1. The van der Waals surface area contributed by atoms with E-state index in [1.807, 2.05) is 60.2 Å². The molecule has 0 aliphatic heterocycles. The Labute approximate surface area is 178 Å². The molecule has 2 aromatic carbocycles. The van der Waals surface area contributed by atoms with E-state index in [4.69, 9.17) is 0 Å². The Bertz CT molecular complexity index is 1390. The molecule has 0 radical (unpaired) electrons. The van der Waals surface area contributed by atoms with Crippen LogP contribution in [0.15, 0.2) is 67.3 Å². The first-order chi connectivity index (χ1) is 15.1. The molecule has 0 aliphatic rings. The van der Waals surface area contributed by atoms with Gasteiger partial charge in [-0.25, -0.2) is 19.3 Å². The maximum Gasteiger partial charge on any atom is 0.141 e. The molecular weight excluding hydrogens is 393 g/mol. The molecule has 31 heavy (non-hydrogen) atoms. The molecular formula is C23H20FN7. The molecule has 8 heteroatoms. The minimum Gasteiger partial charge on any atom is -0.363 e. The highest BCUT2D eigenvalue weighted by Crippen LogP contribution is 2.27. The van der Waals surface area contributed by atoms with Crippen molar-refractivity contribution < 1.29 is 4.39 Å². The molecule has 3 heterocycles. The number of hydrogen-bond acceptors (Lipinski definition) is 6. The van der Waals surface area contributed by atoms with Crippen molar-refractivity contribution in [2.45, 2.75) is 6.54 Å². The summed E-state index contributed by atoms with van der Waals surface area (Å²) in [6.07, 6.45) is 5.08. The number of pyridine rings is 1. The number of benzene rings is 2. The van der Waals surface area contributed by atoms with Crippen molar-refractivity contribution in [1.82, 2.24) is 24.7 Å². The lowest BCUT2D eigenvalue weighted by Crippen LogP contribution is -2.10. The zero-order valence-electron chi connectivity index (χ0n) is 17.1. The third-order valence-electron chi connectivity index (χ3n) is 5.09. The highest BCUT2D eigenvalue weighted by Gasteiger charge is 2.09. The van der Waals surface area contributed by atoms with Crippen molar-refractivity contribution in [3.8, 4) is 0 Å². The first kappa shape index (κ1) is 18.9. The Balaban J connectivity index is 1.46. The number of aromatic nitrogens is 5. The predicted octanol–water partition coefficient (Wildman–Crippen LogP) is 4.37. The van der Waals surface area contributed by atoms with Crippen LogP contribution < -0.4 is 10.2 Å². The van der Waals surface area contributed by atoms with E-state index in [0.29, 0.717) is 12.4 Å². The topological polar surface area (TPSA) is 71.8 Å². The number of fused-ring (bicyclic) bond motifs is 2. The van der Waals surface area contributed by atoms with Gasteiger partial charge in [0.15, 0.2) is 0 Å². The molecule has 0 atom stereocenters. The van der Waals surface area contributed by atoms with Crippen molar-refractivity contribution >= 4 is 39.1 Å². The fraction of sp³-hybridized carbons (Fsp3) is 0.130. The van der Waals surface area contributed by atoms with Crippen LogP contribution in [0.4, 0.5) is 21.7 Å². The second kappa shape index (κ2) is 7.64. The molecule has 0 bridgehead atoms. The Kier molecular flexibility index (Phi) is 4.66. The summed E-state index contributed by atoms with van der Waals surface area (Å²) in [7, 11) is 3.89. The molecule has 7 nitrogen and oxygen atoms in total. The lowest BCUT2D eigenvalue weighted by atomic mass is 10.2. The Morgan fingerprint density at radius 1 is 1.00 bits per heavy atom. The van der Waals surface area contributed by atoms with Gasteiger partial charge in [0.1, 0.15) is 23.8 Å². The maximum absolute atomic E-state index is 13.5. The van der Waals surface area contributed by atoms with E-state index < -0.39 is 0 Å². The molecule has 0 saturated carbocycles. The van der Waals surface area contributed by atoms with Crippen LogP contribution in [0.2, 0.25) is 0 Å². The summed E-state index contributed by atoms with van der Waals surface area (Å²) in [5.74, 6) is 1.30. The molecule has 0 aliphatic carbocycles. The molecule has 5 rings (SSSR count). The molecule has 0 fully saturated rings. The average molecular weight is 413 g/mol. The Morgan fingerprint density at radius 3 is 2.74 bits per heavy atom. The largest absolute Gasteiger partial charge is 0.363 e. The summed E-state index contributed by atoms with van der Waals surface area (Å²) in [5, 5.41) is 9.74. The third kappa shape index (κ3) is 3.75. The Hall–Kier alpha value is -4.07. The van der Waals surface area contributed by atoms with Crippen molar-refractivity contribution in [3.05, 3.63) is 78.6 Å². The van der Waals surface area contributed by atoms with E-state index in [2.05, 4.69) is 25.4 Å². The maximum atomic E-state index is 13.5. The molecule has 0 amide bonds. The lowest BCUT2D eigenvalue weighted by molar-refractivity contribution is 0.621. The van der Waals surface area contributed by atoms with Crippen molar-refractivity contribution in [2.24, 2.45) is 0 Å². The van der Waals surface area contributed by atoms with E-state index >= 15 is 0 Å². The van der Waals surface area contributed by atoms with Crippen LogP contribution in [0.3, 0.4) is 0 Å². The van der Waals surface area contributed by atoms with Crippen LogP contribution in [0.25, 0.3) is 21.8 Å². The fourth-order valence-corrected chi connectivity index (χ4v) is 3.53. The number of nitrogens with zero attached hydrogens (tertiary/aromatic N) is 6. The fourth-order valence-electron chi connectivity index (χ4n) is 3.53. The second-order valence-corrected chi connectivity index (χ2v) is 7.51. The first-order valence-corrected chi connectivity index (χ1v) is 9.82. The summed E-state index contributed by atoms with van der Waals surface area (Å²) in [6.45, 7) is 0.505. The van der Waals surface area contributed by atoms with Crippen LogP contribution in [-0.4, -0.2) is 38.8 Å². The number of hydrogen-bond donors (Lipinski definition) is 1. The number of anilines is 3. The smallest absolute Gasteiger partial charge is 0.141 e. The monoisotopic (exact) mass is 413 g/mol. The molecule has 0 unspecified atom stereocenters. The van der Waals surface area contributed by atoms with Gasteiger partial charge >= 0.3 is 0 Å². The van der Waals surface area contributed by atoms with Gasteiger partial charge in [-0.15, -0.1) is 0 Å². The van der Waals surface area contributed by atoms with Gasteiger partial charge in [0, 0.05) is 30.6 Å². The first-order valence-electron chi connectivity index (χ1n) is 9.82. The van der Waals surface area contributed by atoms with Crippen LogP contribution in [0.5, 0.6) is 0 Å². The normalized spacial score (nSPS) is 11.2. The lowest BCUT2D eigenvalue weighted by Gasteiger charge is -2.13. The van der Waals surface area contributed by atoms with Gasteiger partial charge in [0.2, 0.25) is 0 Å². The van der Waals surface area contributed by atoms with E-state index in [-0.39, 0.29) is 5.82 Å². The zero-order chi connectivity index (χ0) is 21.4. The quantitative estimate of drug-likeness (QED) is 0.461. The summed E-state index contributed by atoms with van der Waals surface area (Å²) in [4.78, 5) is 15.1. The van der Waals surface area contributed by atoms with Gasteiger partial charge < -0.3 is 10.2 Å². The van der Waals surface area contributed by atoms with Crippen LogP contribution in [0.1, 0.15) is 5.56 Å². The van der Waals surface area contributed by atoms with Gasteiger partial charge in [-0.05, 0) is 42.0 Å². The number of nitrogens with one attached hydrogen (secondary N) is 1. The molecule has 0 saturated heterocycles. The van der Waals surface area contributed by atoms with Gasteiger partial charge in [-0.2, -0.15) is 5.10 Å². The van der Waals surface area contributed by atoms with Gasteiger partial charge in [-0.3, -0.25) is 4.68 Å². The van der Waals surface area contributed by atoms with Gasteiger partial charge in [0.05, 0.1) is 30.0 Å². The zero-order valence-corrected chi connectivity index (χ0v) is 17.1. The summed E-state index contributed by atoms with van der Waals surface area (Å²) in [6, 6.07) is 14.5. The molecule has 5 aromatic rings. The summed E-state index contributed by atoms with van der Waals surface area (Å²) >= 11 is 0. The minimum atomic E-state index is -0.245. The molecule has 3 aromatic heterocycles. The molecule has 1 N–H and O–H groups in total. The second-order valence-electron chi connectivity index (χ2n) is 7.51. The summed E-state index contributed by atoms with van der Waals surface area (Å²) in [5.41, 5.74) is 3.50. The average Bonchev–Trinajstić information content (AvgIpc) is 3.15. The molecule has 0 spiro atoms. The van der Waals surface area contributed by atoms with Gasteiger partial charge in [0.25, 0.3) is 0 Å². The number of rotatable bonds is 5. The SMILES string of the molecule is CN(C)c1cc2c(Nc3ccc4c(cnn4Cc4cccc(F)c4)c3)ncnc2cn1. The highest BCUT2D eigenvalue weighted by molar-refractivity contribution is 5.93. The molecule has 154 valence electrons. The van der Waals surface area contributed by atoms with E-state index in [1.54, 1.807) is 12.3 Å². The van der Waals surface area contributed by atoms with Crippen LogP contribution in [-0.2, 0) is 6.54 Å². The summed E-state index contributed by atoms with van der Waals surface area (Å²) < 4.78 is 15.4. The van der Waals surface area contributed by atoms with E-state index in [1.165, 1.54) is 18.5 Å². The van der Waals surface area contributed by atoms with Crippen molar-refractivity contribution in [3.63, 3.8) is 0 Å². The predicted molar refractivity (Wildman–Crippen MR) is 120 cm³/mol. The third-order valence-corrected chi connectivity index (χ3v) is 5.09. The standard InChI is InChI=1S/C23H20FN7/c1-30(2)22-10-19-20(12-25-22)26-14-27-23(19)29-18-6-7-21-16(9-18)11-28-31(21)13-15-4-3-5-17(24)8-15/h3-12,14H,13H2,1-2H3,(H,26,27,29). The van der Waals surface area contributed by atoms with Crippen LogP contribution in [0, 0.1) is 5.82 Å². The van der Waals surface area contributed by atoms with Crippen molar-refractivity contribution in [1.29, 1.82) is 0 Å².